The van der Waals surface area contributed by atoms with Crippen LogP contribution in [-0.4, -0.2) is 6.61 Å². The highest BCUT2D eigenvalue weighted by atomic mass is 79.9. The van der Waals surface area contributed by atoms with E-state index in [0.29, 0.717) is 0 Å². The molecule has 0 spiro atoms. The molecule has 0 aromatic carbocycles. The highest BCUT2D eigenvalue weighted by Crippen LogP contribution is 2.56. The summed E-state index contributed by atoms with van der Waals surface area (Å²) in [6, 6.07) is 0. The summed E-state index contributed by atoms with van der Waals surface area (Å²) in [5.74, 6) is 0. The maximum Gasteiger partial charge on any atom is 0.432 e. The zero-order valence-electron chi connectivity index (χ0n) is 5.85. The van der Waals surface area contributed by atoms with Gasteiger partial charge in [-0.05, 0) is 6.42 Å². The SMILES string of the molecule is CCCCCOP(=O)(F)Br. The summed E-state index contributed by atoms with van der Waals surface area (Å²) < 4.78 is 26.6. The van der Waals surface area contributed by atoms with Crippen LogP contribution in [0.4, 0.5) is 4.20 Å². The molecule has 2 nitrogen and oxygen atoms in total. The number of rotatable bonds is 5. The predicted molar refractivity (Wildman–Crippen MR) is 43.1 cm³/mol. The van der Waals surface area contributed by atoms with E-state index in [9.17, 15) is 8.76 Å². The van der Waals surface area contributed by atoms with Crippen LogP contribution in [0.3, 0.4) is 0 Å². The van der Waals surface area contributed by atoms with Crippen molar-refractivity contribution in [2.75, 3.05) is 6.61 Å². The molecule has 62 valence electrons. The molecular formula is C5H11BrFO2P. The molecule has 0 aromatic rings. The van der Waals surface area contributed by atoms with Gasteiger partial charge in [-0.2, -0.15) is 0 Å². The Bertz CT molecular complexity index is 125. The lowest BCUT2D eigenvalue weighted by molar-refractivity contribution is 0.293. The van der Waals surface area contributed by atoms with Gasteiger partial charge in [0.2, 0.25) is 0 Å². The molecule has 0 saturated heterocycles. The van der Waals surface area contributed by atoms with Gasteiger partial charge in [0.05, 0.1) is 22.1 Å². The molecule has 0 heterocycles. The van der Waals surface area contributed by atoms with Crippen LogP contribution < -0.4 is 0 Å². The second kappa shape index (κ2) is 5.28. The molecule has 0 bridgehead atoms. The lowest BCUT2D eigenvalue weighted by atomic mass is 10.3. The van der Waals surface area contributed by atoms with Crippen molar-refractivity contribution in [1.29, 1.82) is 0 Å². The number of hydrogen-bond acceptors (Lipinski definition) is 2. The van der Waals surface area contributed by atoms with Crippen molar-refractivity contribution in [3.63, 3.8) is 0 Å². The van der Waals surface area contributed by atoms with Gasteiger partial charge in [0.25, 0.3) is 0 Å². The lowest BCUT2D eigenvalue weighted by Gasteiger charge is -2.00. The van der Waals surface area contributed by atoms with Crippen molar-refractivity contribution in [3.05, 3.63) is 0 Å². The third-order valence-electron chi connectivity index (χ3n) is 0.989. The Labute approximate surface area is 68.5 Å². The molecule has 0 rings (SSSR count). The summed E-state index contributed by atoms with van der Waals surface area (Å²) in [6.45, 7) is 2.26. The van der Waals surface area contributed by atoms with Gasteiger partial charge in [-0.1, -0.05) is 19.8 Å². The second-order valence-corrected chi connectivity index (χ2v) is 5.58. The van der Waals surface area contributed by atoms with Crippen LogP contribution in [0.1, 0.15) is 26.2 Å². The fourth-order valence-corrected chi connectivity index (χ4v) is 1.30. The standard InChI is InChI=1S/C5H11BrFO2P/c1-2-3-4-5-9-10(6,7)8/h2-5H2,1H3. The fraction of sp³-hybridized carbons (Fsp3) is 1.00. The minimum Gasteiger partial charge on any atom is -0.297 e. The van der Waals surface area contributed by atoms with Gasteiger partial charge in [-0.25, -0.2) is 4.57 Å². The number of hydrogen-bond donors (Lipinski definition) is 0. The van der Waals surface area contributed by atoms with Crippen LogP contribution in [0.25, 0.3) is 0 Å². The van der Waals surface area contributed by atoms with Gasteiger partial charge < -0.3 is 0 Å². The molecule has 1 atom stereocenters. The summed E-state index contributed by atoms with van der Waals surface area (Å²) in [7, 11) is 0. The normalized spacial score (nSPS) is 16.7. The number of unbranched alkanes of at least 4 members (excludes halogenated alkanes) is 2. The molecule has 10 heavy (non-hydrogen) atoms. The monoisotopic (exact) mass is 232 g/mol. The summed E-state index contributed by atoms with van der Waals surface area (Å²) in [5.41, 5.74) is 0. The number of halogens is 2. The van der Waals surface area contributed by atoms with E-state index in [1.165, 1.54) is 0 Å². The van der Waals surface area contributed by atoms with Crippen molar-refractivity contribution in [2.45, 2.75) is 26.2 Å². The van der Waals surface area contributed by atoms with E-state index in [4.69, 9.17) is 0 Å². The summed E-state index contributed by atoms with van der Waals surface area (Å²) in [4.78, 5) is 0. The lowest BCUT2D eigenvalue weighted by Crippen LogP contribution is -1.86. The van der Waals surface area contributed by atoms with Crippen molar-refractivity contribution in [2.24, 2.45) is 0 Å². The van der Waals surface area contributed by atoms with Gasteiger partial charge in [0, 0.05) is 0 Å². The molecule has 0 amide bonds. The quantitative estimate of drug-likeness (QED) is 0.534. The molecular weight excluding hydrogens is 222 g/mol. The predicted octanol–water partition coefficient (Wildman–Crippen LogP) is 3.67. The minimum absolute atomic E-state index is 0.229. The highest BCUT2D eigenvalue weighted by molar-refractivity contribution is 9.39. The largest absolute Gasteiger partial charge is 0.432 e. The highest BCUT2D eigenvalue weighted by Gasteiger charge is 2.14. The third-order valence-corrected chi connectivity index (χ3v) is 2.09. The Kier molecular flexibility index (Phi) is 5.59. The van der Waals surface area contributed by atoms with E-state index >= 15 is 0 Å². The van der Waals surface area contributed by atoms with Gasteiger partial charge in [0.15, 0.2) is 0 Å². The zero-order valence-corrected chi connectivity index (χ0v) is 8.33. The maximum atomic E-state index is 12.1. The molecule has 0 radical (unpaired) electrons. The van der Waals surface area contributed by atoms with E-state index in [1.807, 2.05) is 6.92 Å². The Balaban J connectivity index is 3.13. The van der Waals surface area contributed by atoms with Crippen LogP contribution in [0, 0.1) is 0 Å². The Hall–Kier alpha value is 0.600. The van der Waals surface area contributed by atoms with Crippen LogP contribution >= 0.6 is 21.9 Å². The van der Waals surface area contributed by atoms with Crippen molar-refractivity contribution in [1.82, 2.24) is 0 Å². The van der Waals surface area contributed by atoms with Gasteiger partial charge in [-0.3, -0.25) is 4.52 Å². The van der Waals surface area contributed by atoms with Crippen LogP contribution in [-0.2, 0) is 9.09 Å². The topological polar surface area (TPSA) is 26.3 Å². The first-order valence-electron chi connectivity index (χ1n) is 3.20. The van der Waals surface area contributed by atoms with Gasteiger partial charge in [-0.15, -0.1) is 4.20 Å². The first-order valence-corrected chi connectivity index (χ1v) is 6.73. The zero-order chi connectivity index (χ0) is 8.04. The van der Waals surface area contributed by atoms with Crippen molar-refractivity contribution < 1.29 is 13.3 Å². The van der Waals surface area contributed by atoms with E-state index in [1.54, 1.807) is 0 Å². The van der Waals surface area contributed by atoms with E-state index in [0.717, 1.165) is 19.3 Å². The molecule has 0 N–H and O–H groups in total. The summed E-state index contributed by atoms with van der Waals surface area (Å²) >= 11 is 2.30. The summed E-state index contributed by atoms with van der Waals surface area (Å²) in [5, 5.41) is 0. The maximum absolute atomic E-state index is 12.1. The van der Waals surface area contributed by atoms with Crippen LogP contribution in [0.5, 0.6) is 0 Å². The van der Waals surface area contributed by atoms with E-state index in [2.05, 4.69) is 20.0 Å². The fourth-order valence-electron chi connectivity index (χ4n) is 0.523. The molecule has 0 aliphatic rings. The summed E-state index contributed by atoms with van der Waals surface area (Å²) in [6.07, 6.45) is -1.11. The minimum atomic E-state index is -3.89. The van der Waals surface area contributed by atoms with Crippen molar-refractivity contribution in [3.8, 4) is 0 Å². The van der Waals surface area contributed by atoms with E-state index < -0.39 is 6.38 Å². The smallest absolute Gasteiger partial charge is 0.297 e. The van der Waals surface area contributed by atoms with E-state index in [-0.39, 0.29) is 6.61 Å². The molecule has 0 aliphatic carbocycles. The first-order chi connectivity index (χ1) is 4.56. The van der Waals surface area contributed by atoms with Crippen LogP contribution in [0.2, 0.25) is 0 Å². The Morgan fingerprint density at radius 2 is 2.20 bits per heavy atom. The molecule has 0 aliphatic heterocycles. The third kappa shape index (κ3) is 8.60. The Morgan fingerprint density at radius 3 is 2.60 bits per heavy atom. The van der Waals surface area contributed by atoms with Gasteiger partial charge >= 0.3 is 6.38 Å². The molecule has 0 saturated carbocycles. The molecule has 5 heteroatoms. The molecule has 1 unspecified atom stereocenters. The van der Waals surface area contributed by atoms with Gasteiger partial charge in [0.1, 0.15) is 0 Å². The molecule has 0 aromatic heterocycles. The molecule has 0 fully saturated rings. The first kappa shape index (κ1) is 10.6. The van der Waals surface area contributed by atoms with Crippen LogP contribution in [0.15, 0.2) is 0 Å². The Morgan fingerprint density at radius 1 is 1.60 bits per heavy atom. The average molecular weight is 233 g/mol. The van der Waals surface area contributed by atoms with Crippen molar-refractivity contribution >= 4 is 21.9 Å². The second-order valence-electron chi connectivity index (χ2n) is 1.95. The average Bonchev–Trinajstić information content (AvgIpc) is 1.78.